The lowest BCUT2D eigenvalue weighted by Gasteiger charge is -2.27. The molecule has 0 spiro atoms. The fourth-order valence-corrected chi connectivity index (χ4v) is 3.99. The summed E-state index contributed by atoms with van der Waals surface area (Å²) >= 11 is 0. The Morgan fingerprint density at radius 1 is 1.21 bits per heavy atom. The van der Waals surface area contributed by atoms with Crippen LogP contribution in [0.4, 0.5) is 0 Å². The molecule has 29 heavy (non-hydrogen) atoms. The van der Waals surface area contributed by atoms with Crippen molar-refractivity contribution in [3.8, 4) is 0 Å². The van der Waals surface area contributed by atoms with Gasteiger partial charge in [-0.2, -0.15) is 0 Å². The molecule has 160 valence electrons. The molecular weight excluding hydrogens is 360 g/mol. The summed E-state index contributed by atoms with van der Waals surface area (Å²) in [6, 6.07) is 12.8. The van der Waals surface area contributed by atoms with Gasteiger partial charge >= 0.3 is 0 Å². The van der Waals surface area contributed by atoms with Gasteiger partial charge in [-0.1, -0.05) is 57.5 Å². The number of aromatic nitrogens is 1. The molecule has 2 aromatic rings. The van der Waals surface area contributed by atoms with Crippen LogP contribution in [0.15, 0.2) is 42.6 Å². The zero-order valence-corrected chi connectivity index (χ0v) is 19.1. The molecule has 0 aliphatic rings. The van der Waals surface area contributed by atoms with E-state index in [2.05, 4.69) is 81.8 Å². The molecule has 0 saturated heterocycles. The van der Waals surface area contributed by atoms with Crippen LogP contribution in [-0.4, -0.2) is 35.6 Å². The quantitative estimate of drug-likeness (QED) is 0.545. The Balaban J connectivity index is 2.08. The number of nitrogens with zero attached hydrogens (tertiary/aromatic N) is 2. The van der Waals surface area contributed by atoms with Gasteiger partial charge in [0.2, 0.25) is 5.91 Å². The summed E-state index contributed by atoms with van der Waals surface area (Å²) in [6.45, 7) is 13.6. The number of carbonyl (C=O) groups excluding carboxylic acids is 1. The first kappa shape index (κ1) is 23.2. The topological polar surface area (TPSA) is 34.5 Å². The number of rotatable bonds is 10. The fraction of sp³-hybridized carbons (Fsp3) is 0.560. The van der Waals surface area contributed by atoms with Crippen LogP contribution < -0.4 is 0 Å². The van der Waals surface area contributed by atoms with Gasteiger partial charge in [0.25, 0.3) is 0 Å². The first-order chi connectivity index (χ1) is 13.7. The maximum Gasteiger partial charge on any atom is 0.223 e. The molecule has 1 unspecified atom stereocenters. The number of amides is 1. The number of aryl methyl sites for hydroxylation is 1. The molecule has 0 radical (unpaired) electrons. The molecule has 0 bridgehead atoms. The van der Waals surface area contributed by atoms with Gasteiger partial charge in [0, 0.05) is 38.5 Å². The number of benzene rings is 1. The zero-order valence-electron chi connectivity index (χ0n) is 19.1. The van der Waals surface area contributed by atoms with Crippen LogP contribution in [0.25, 0.3) is 0 Å². The molecule has 1 heterocycles. The Labute approximate surface area is 176 Å². The van der Waals surface area contributed by atoms with Crippen LogP contribution in [0, 0.1) is 18.3 Å². The lowest BCUT2D eigenvalue weighted by Crippen LogP contribution is -2.35. The van der Waals surface area contributed by atoms with Crippen molar-refractivity contribution in [2.45, 2.75) is 60.5 Å². The van der Waals surface area contributed by atoms with E-state index in [9.17, 15) is 4.79 Å². The molecule has 4 heteroatoms. The summed E-state index contributed by atoms with van der Waals surface area (Å²) < 4.78 is 7.50. The van der Waals surface area contributed by atoms with E-state index in [0.717, 1.165) is 18.7 Å². The molecule has 0 aliphatic carbocycles. The lowest BCUT2D eigenvalue weighted by atomic mass is 9.84. The maximum atomic E-state index is 13.0. The van der Waals surface area contributed by atoms with Crippen LogP contribution in [0.1, 0.15) is 57.4 Å². The minimum Gasteiger partial charge on any atom is -0.383 e. The maximum absolute atomic E-state index is 13.0. The van der Waals surface area contributed by atoms with Crippen molar-refractivity contribution in [3.63, 3.8) is 0 Å². The molecule has 0 fully saturated rings. The van der Waals surface area contributed by atoms with Crippen LogP contribution in [0.2, 0.25) is 0 Å². The molecule has 4 nitrogen and oxygen atoms in total. The SMILES string of the molecule is COCCN(Cc1cccn1Cc1cccc(C)c1)C(=O)CC(C)CC(C)(C)C. The summed E-state index contributed by atoms with van der Waals surface area (Å²) in [4.78, 5) is 15.0. The molecule has 0 aliphatic heterocycles. The molecule has 1 aromatic heterocycles. The average Bonchev–Trinajstić information content (AvgIpc) is 3.03. The highest BCUT2D eigenvalue weighted by atomic mass is 16.5. The summed E-state index contributed by atoms with van der Waals surface area (Å²) in [7, 11) is 1.69. The van der Waals surface area contributed by atoms with Crippen molar-refractivity contribution < 1.29 is 9.53 Å². The monoisotopic (exact) mass is 398 g/mol. The first-order valence-electron chi connectivity index (χ1n) is 10.6. The Morgan fingerprint density at radius 2 is 1.97 bits per heavy atom. The number of carbonyl (C=O) groups is 1. The van der Waals surface area contributed by atoms with Gasteiger partial charge in [-0.3, -0.25) is 4.79 Å². The molecule has 1 amide bonds. The molecule has 1 aromatic carbocycles. The van der Waals surface area contributed by atoms with E-state index in [1.165, 1.54) is 11.1 Å². The Kier molecular flexibility index (Phi) is 8.51. The van der Waals surface area contributed by atoms with Crippen LogP contribution >= 0.6 is 0 Å². The summed E-state index contributed by atoms with van der Waals surface area (Å²) in [5.74, 6) is 0.578. The second kappa shape index (κ2) is 10.6. The predicted octanol–water partition coefficient (Wildman–Crippen LogP) is 5.28. The molecule has 1 atom stereocenters. The van der Waals surface area contributed by atoms with E-state index in [1.54, 1.807) is 7.11 Å². The predicted molar refractivity (Wildman–Crippen MR) is 120 cm³/mol. The molecule has 2 rings (SSSR count). The van der Waals surface area contributed by atoms with Crippen LogP contribution in [0.3, 0.4) is 0 Å². The van der Waals surface area contributed by atoms with E-state index in [1.807, 2.05) is 4.90 Å². The number of hydrogen-bond donors (Lipinski definition) is 0. The van der Waals surface area contributed by atoms with E-state index in [-0.39, 0.29) is 11.3 Å². The standard InChI is InChI=1S/C25H38N2O2/c1-20-9-7-10-22(15-20)18-26-12-8-11-23(26)19-27(13-14-29-6)24(28)16-21(2)17-25(3,4)5/h7-12,15,21H,13-14,16-19H2,1-6H3. The van der Waals surface area contributed by atoms with Gasteiger partial charge in [-0.15, -0.1) is 0 Å². The fourth-order valence-electron chi connectivity index (χ4n) is 3.99. The molecule has 0 N–H and O–H groups in total. The summed E-state index contributed by atoms with van der Waals surface area (Å²) in [6.07, 6.45) is 3.72. The normalized spacial score (nSPS) is 12.8. The first-order valence-corrected chi connectivity index (χ1v) is 10.6. The second-order valence-corrected chi connectivity index (χ2v) is 9.50. The summed E-state index contributed by atoms with van der Waals surface area (Å²) in [5.41, 5.74) is 3.93. The van der Waals surface area contributed by atoms with Gasteiger partial charge in [0.15, 0.2) is 0 Å². The highest BCUT2D eigenvalue weighted by Crippen LogP contribution is 2.26. The van der Waals surface area contributed by atoms with Crippen molar-refractivity contribution in [2.75, 3.05) is 20.3 Å². The highest BCUT2D eigenvalue weighted by molar-refractivity contribution is 5.76. The van der Waals surface area contributed by atoms with Crippen molar-refractivity contribution in [1.29, 1.82) is 0 Å². The van der Waals surface area contributed by atoms with Crippen molar-refractivity contribution >= 4 is 5.91 Å². The van der Waals surface area contributed by atoms with Crippen molar-refractivity contribution in [1.82, 2.24) is 9.47 Å². The van der Waals surface area contributed by atoms with E-state index >= 15 is 0 Å². The summed E-state index contributed by atoms with van der Waals surface area (Å²) in [5, 5.41) is 0. The lowest BCUT2D eigenvalue weighted by molar-refractivity contribution is -0.133. The average molecular weight is 399 g/mol. The van der Waals surface area contributed by atoms with Gasteiger partial charge in [-0.25, -0.2) is 0 Å². The zero-order chi connectivity index (χ0) is 21.4. The smallest absolute Gasteiger partial charge is 0.223 e. The number of hydrogen-bond acceptors (Lipinski definition) is 2. The third-order valence-electron chi connectivity index (χ3n) is 5.11. The van der Waals surface area contributed by atoms with E-state index in [4.69, 9.17) is 4.74 Å². The number of methoxy groups -OCH3 is 1. The molecular formula is C25H38N2O2. The van der Waals surface area contributed by atoms with Gasteiger partial charge in [0.1, 0.15) is 0 Å². The van der Waals surface area contributed by atoms with Gasteiger partial charge in [-0.05, 0) is 42.4 Å². The van der Waals surface area contributed by atoms with E-state index in [0.29, 0.717) is 32.0 Å². The third-order valence-corrected chi connectivity index (χ3v) is 5.11. The Morgan fingerprint density at radius 3 is 2.62 bits per heavy atom. The van der Waals surface area contributed by atoms with Crippen LogP contribution in [-0.2, 0) is 22.6 Å². The van der Waals surface area contributed by atoms with Crippen LogP contribution in [0.5, 0.6) is 0 Å². The Hall–Kier alpha value is -2.07. The second-order valence-electron chi connectivity index (χ2n) is 9.50. The third kappa shape index (κ3) is 8.06. The number of ether oxygens (including phenoxy) is 1. The van der Waals surface area contributed by atoms with Crippen molar-refractivity contribution in [2.24, 2.45) is 11.3 Å². The van der Waals surface area contributed by atoms with E-state index < -0.39 is 0 Å². The van der Waals surface area contributed by atoms with Crippen molar-refractivity contribution in [3.05, 3.63) is 59.4 Å². The highest BCUT2D eigenvalue weighted by Gasteiger charge is 2.21. The molecule has 0 saturated carbocycles. The minimum absolute atomic E-state index is 0.210. The minimum atomic E-state index is 0.210. The van der Waals surface area contributed by atoms with Gasteiger partial charge < -0.3 is 14.2 Å². The van der Waals surface area contributed by atoms with Gasteiger partial charge in [0.05, 0.1) is 13.2 Å². The largest absolute Gasteiger partial charge is 0.383 e. The Bertz CT molecular complexity index is 773.